The maximum atomic E-state index is 13.0. The Morgan fingerprint density at radius 1 is 1.25 bits per heavy atom. The fourth-order valence-electron chi connectivity index (χ4n) is 3.36. The van der Waals surface area contributed by atoms with Gasteiger partial charge >= 0.3 is 5.97 Å². The minimum atomic E-state index is -0.550. The van der Waals surface area contributed by atoms with Gasteiger partial charge in [-0.25, -0.2) is 9.79 Å². The summed E-state index contributed by atoms with van der Waals surface area (Å²) in [5, 5.41) is 0.464. The summed E-state index contributed by atoms with van der Waals surface area (Å²) in [6.07, 6.45) is 0.450. The Labute approximate surface area is 170 Å². The number of carbonyl (C=O) groups excluding carboxylic acids is 2. The molecule has 150 valence electrons. The molecule has 0 aliphatic carbocycles. The molecule has 0 aromatic heterocycles. The zero-order valence-corrected chi connectivity index (χ0v) is 17.7. The van der Waals surface area contributed by atoms with Crippen molar-refractivity contribution in [1.82, 2.24) is 4.90 Å². The molecule has 1 amide bonds. The molecule has 1 fully saturated rings. The van der Waals surface area contributed by atoms with Crippen LogP contribution >= 0.6 is 11.8 Å². The lowest BCUT2D eigenvalue weighted by Gasteiger charge is -2.33. The van der Waals surface area contributed by atoms with Crippen molar-refractivity contribution in [2.45, 2.75) is 58.4 Å². The van der Waals surface area contributed by atoms with Crippen molar-refractivity contribution < 1.29 is 19.1 Å². The van der Waals surface area contributed by atoms with Crippen LogP contribution in [0.4, 0.5) is 0 Å². The van der Waals surface area contributed by atoms with Crippen molar-refractivity contribution in [3.05, 3.63) is 41.1 Å². The highest BCUT2D eigenvalue weighted by atomic mass is 32.2. The van der Waals surface area contributed by atoms with E-state index in [0.717, 1.165) is 11.3 Å². The SMILES string of the molecule is CCOc1ccc([C@@H]2C(C(=O)OC(C)C)=C(C)N=C3S[C@@H](CC)C(=O)N32)cc1. The van der Waals surface area contributed by atoms with Gasteiger partial charge in [-0.1, -0.05) is 30.8 Å². The minimum absolute atomic E-state index is 0.0209. The van der Waals surface area contributed by atoms with E-state index >= 15 is 0 Å². The molecule has 0 unspecified atom stereocenters. The Morgan fingerprint density at radius 2 is 1.93 bits per heavy atom. The number of aliphatic imine (C=N–C) groups is 1. The van der Waals surface area contributed by atoms with Gasteiger partial charge in [-0.05, 0) is 51.8 Å². The number of amidine groups is 1. The molecular formula is C21H26N2O4S. The number of rotatable bonds is 6. The normalized spacial score (nSPS) is 21.7. The summed E-state index contributed by atoms with van der Waals surface area (Å²) in [6, 6.07) is 6.95. The lowest BCUT2D eigenvalue weighted by atomic mass is 9.94. The first kappa shape index (κ1) is 20.5. The molecule has 0 saturated carbocycles. The monoisotopic (exact) mass is 402 g/mol. The molecule has 0 bridgehead atoms. The molecule has 0 N–H and O–H groups in total. The summed E-state index contributed by atoms with van der Waals surface area (Å²) in [5.74, 6) is 0.288. The van der Waals surface area contributed by atoms with E-state index in [-0.39, 0.29) is 17.3 Å². The molecule has 2 heterocycles. The van der Waals surface area contributed by atoms with Crippen LogP contribution in [0, 0.1) is 0 Å². The van der Waals surface area contributed by atoms with E-state index in [9.17, 15) is 9.59 Å². The van der Waals surface area contributed by atoms with Gasteiger partial charge in [0.25, 0.3) is 0 Å². The average Bonchev–Trinajstić information content (AvgIpc) is 2.96. The van der Waals surface area contributed by atoms with Gasteiger partial charge in [0.1, 0.15) is 5.75 Å². The number of thioether (sulfide) groups is 1. The van der Waals surface area contributed by atoms with Crippen molar-refractivity contribution in [2.24, 2.45) is 4.99 Å². The van der Waals surface area contributed by atoms with Crippen LogP contribution in [0.15, 0.2) is 40.5 Å². The zero-order chi connectivity index (χ0) is 20.4. The molecule has 1 aromatic carbocycles. The number of benzene rings is 1. The van der Waals surface area contributed by atoms with Crippen LogP contribution in [0.2, 0.25) is 0 Å². The first-order chi connectivity index (χ1) is 13.4. The van der Waals surface area contributed by atoms with Gasteiger partial charge in [0.05, 0.1) is 35.3 Å². The van der Waals surface area contributed by atoms with E-state index in [1.807, 2.05) is 38.1 Å². The van der Waals surface area contributed by atoms with E-state index in [1.165, 1.54) is 11.8 Å². The van der Waals surface area contributed by atoms with E-state index in [4.69, 9.17) is 9.47 Å². The van der Waals surface area contributed by atoms with Gasteiger partial charge in [-0.15, -0.1) is 0 Å². The third-order valence-electron chi connectivity index (χ3n) is 4.59. The summed E-state index contributed by atoms with van der Waals surface area (Å²) in [6.45, 7) is 9.89. The zero-order valence-electron chi connectivity index (χ0n) is 16.9. The van der Waals surface area contributed by atoms with Crippen LogP contribution in [0.3, 0.4) is 0 Å². The molecule has 0 spiro atoms. The largest absolute Gasteiger partial charge is 0.494 e. The third-order valence-corrected chi connectivity index (χ3v) is 5.91. The second-order valence-corrected chi connectivity index (χ2v) is 8.14. The number of allylic oxidation sites excluding steroid dienone is 1. The summed E-state index contributed by atoms with van der Waals surface area (Å²) in [4.78, 5) is 32.2. The average molecular weight is 403 g/mol. The third kappa shape index (κ3) is 3.81. The second kappa shape index (κ2) is 8.39. The molecule has 0 radical (unpaired) electrons. The predicted molar refractivity (Wildman–Crippen MR) is 110 cm³/mol. The number of hydrogen-bond donors (Lipinski definition) is 0. The maximum absolute atomic E-state index is 13.0. The van der Waals surface area contributed by atoms with Crippen molar-refractivity contribution in [1.29, 1.82) is 0 Å². The van der Waals surface area contributed by atoms with Crippen LogP contribution in [-0.2, 0) is 14.3 Å². The topological polar surface area (TPSA) is 68.2 Å². The van der Waals surface area contributed by atoms with Crippen LogP contribution in [0.25, 0.3) is 0 Å². The number of fused-ring (bicyclic) bond motifs is 1. The number of ether oxygens (including phenoxy) is 2. The Balaban J connectivity index is 2.07. The number of hydrogen-bond acceptors (Lipinski definition) is 6. The number of nitrogens with zero attached hydrogens (tertiary/aromatic N) is 2. The Kier molecular flexibility index (Phi) is 6.13. The van der Waals surface area contributed by atoms with Crippen LogP contribution in [-0.4, -0.2) is 39.9 Å². The summed E-state index contributed by atoms with van der Waals surface area (Å²) in [7, 11) is 0. The molecular weight excluding hydrogens is 376 g/mol. The lowest BCUT2D eigenvalue weighted by molar-refractivity contribution is -0.143. The quantitative estimate of drug-likeness (QED) is 0.671. The highest BCUT2D eigenvalue weighted by molar-refractivity contribution is 8.15. The predicted octanol–water partition coefficient (Wildman–Crippen LogP) is 4.08. The Morgan fingerprint density at radius 3 is 2.50 bits per heavy atom. The molecule has 6 nitrogen and oxygen atoms in total. The molecule has 1 saturated heterocycles. The molecule has 2 atom stereocenters. The van der Waals surface area contributed by atoms with Gasteiger partial charge < -0.3 is 9.47 Å². The first-order valence-electron chi connectivity index (χ1n) is 9.60. The smallest absolute Gasteiger partial charge is 0.338 e. The van der Waals surface area contributed by atoms with Gasteiger partial charge in [0.15, 0.2) is 5.17 Å². The molecule has 1 aromatic rings. The number of amides is 1. The standard InChI is InChI=1S/C21H26N2O4S/c1-6-16-19(24)23-18(14-8-10-15(11-9-14)26-7-2)17(20(25)27-12(3)4)13(5)22-21(23)28-16/h8-12,16,18H,6-7H2,1-5H3/t16-,18+/m0/s1. The summed E-state index contributed by atoms with van der Waals surface area (Å²) < 4.78 is 11.0. The van der Waals surface area contributed by atoms with Gasteiger partial charge in [0.2, 0.25) is 5.91 Å². The number of esters is 1. The second-order valence-electron chi connectivity index (χ2n) is 6.98. The molecule has 28 heavy (non-hydrogen) atoms. The van der Waals surface area contributed by atoms with E-state index in [2.05, 4.69) is 4.99 Å². The van der Waals surface area contributed by atoms with Crippen molar-refractivity contribution in [2.75, 3.05) is 6.61 Å². The molecule has 2 aliphatic rings. The van der Waals surface area contributed by atoms with Crippen LogP contribution in [0.1, 0.15) is 52.6 Å². The van der Waals surface area contributed by atoms with Crippen molar-refractivity contribution in [3.8, 4) is 5.75 Å². The van der Waals surface area contributed by atoms with Crippen molar-refractivity contribution >= 4 is 28.8 Å². The van der Waals surface area contributed by atoms with Crippen LogP contribution in [0.5, 0.6) is 5.75 Å². The molecule has 3 rings (SSSR count). The van der Waals surface area contributed by atoms with Crippen molar-refractivity contribution in [3.63, 3.8) is 0 Å². The van der Waals surface area contributed by atoms with Gasteiger partial charge in [0, 0.05) is 0 Å². The fourth-order valence-corrected chi connectivity index (χ4v) is 4.49. The van der Waals surface area contributed by atoms with E-state index < -0.39 is 12.0 Å². The van der Waals surface area contributed by atoms with Gasteiger partial charge in [-0.3, -0.25) is 9.69 Å². The highest BCUT2D eigenvalue weighted by Gasteiger charge is 2.47. The van der Waals surface area contributed by atoms with E-state index in [1.54, 1.807) is 25.7 Å². The highest BCUT2D eigenvalue weighted by Crippen LogP contribution is 2.44. The molecule has 7 heteroatoms. The Hall–Kier alpha value is -2.28. The minimum Gasteiger partial charge on any atom is -0.494 e. The van der Waals surface area contributed by atoms with E-state index in [0.29, 0.717) is 29.5 Å². The van der Waals surface area contributed by atoms with Crippen LogP contribution < -0.4 is 4.74 Å². The summed E-state index contributed by atoms with van der Waals surface area (Å²) in [5.41, 5.74) is 1.83. The number of carbonyl (C=O) groups is 2. The Bertz CT molecular complexity index is 829. The summed E-state index contributed by atoms with van der Waals surface area (Å²) >= 11 is 1.46. The molecule has 2 aliphatic heterocycles. The lowest BCUT2D eigenvalue weighted by Crippen LogP contribution is -2.41. The van der Waals surface area contributed by atoms with Gasteiger partial charge in [-0.2, -0.15) is 0 Å². The maximum Gasteiger partial charge on any atom is 0.338 e. The fraction of sp³-hybridized carbons (Fsp3) is 0.476. The first-order valence-corrected chi connectivity index (χ1v) is 10.5.